The Morgan fingerprint density at radius 3 is 2.24 bits per heavy atom. The predicted octanol–water partition coefficient (Wildman–Crippen LogP) is 4.35. The van der Waals surface area contributed by atoms with Gasteiger partial charge in [0.2, 0.25) is 11.4 Å². The van der Waals surface area contributed by atoms with Crippen LogP contribution < -0.4 is 9.88 Å². The van der Waals surface area contributed by atoms with Crippen LogP contribution >= 0.6 is 0 Å². The Morgan fingerprint density at radius 1 is 1.08 bits per heavy atom. The number of rotatable bonds is 6. The molecule has 0 unspecified atom stereocenters. The summed E-state index contributed by atoms with van der Waals surface area (Å²) in [5, 5.41) is 13.5. The number of aryl methyl sites for hydroxylation is 2. The van der Waals surface area contributed by atoms with Crippen molar-refractivity contribution in [2.45, 2.75) is 33.2 Å². The summed E-state index contributed by atoms with van der Waals surface area (Å²) in [4.78, 5) is 0. The zero-order chi connectivity index (χ0) is 18.9. The minimum Gasteiger partial charge on any atom is -0.501 e. The fraction of sp³-hybridized carbons (Fsp3) is 0.353. The molecular formula is C17H23BF4N2O. The van der Waals surface area contributed by atoms with Gasteiger partial charge < -0.3 is 27.7 Å². The number of benzene rings is 1. The first kappa shape index (κ1) is 20.8. The summed E-state index contributed by atoms with van der Waals surface area (Å²) in [5.74, 6) is 0.356. The second kappa shape index (κ2) is 9.91. The third-order valence-electron chi connectivity index (χ3n) is 3.50. The highest BCUT2D eigenvalue weighted by Crippen LogP contribution is 2.23. The lowest BCUT2D eigenvalue weighted by Crippen LogP contribution is -2.37. The molecule has 0 saturated carbocycles. The molecule has 1 heterocycles. The van der Waals surface area contributed by atoms with Gasteiger partial charge in [0, 0.05) is 26.0 Å². The molecular weight excluding hydrogens is 335 g/mol. The molecule has 2 aromatic rings. The van der Waals surface area contributed by atoms with Crippen molar-refractivity contribution in [3.05, 3.63) is 53.9 Å². The van der Waals surface area contributed by atoms with Gasteiger partial charge in [-0.25, -0.2) is 0 Å². The Hall–Kier alpha value is -2.25. The van der Waals surface area contributed by atoms with Crippen molar-refractivity contribution < 1.29 is 26.9 Å². The molecule has 3 nitrogen and oxygen atoms in total. The van der Waals surface area contributed by atoms with E-state index in [9.17, 15) is 22.4 Å². The molecule has 0 saturated heterocycles. The summed E-state index contributed by atoms with van der Waals surface area (Å²) < 4.78 is 41.1. The average molecular weight is 358 g/mol. The fourth-order valence-electron chi connectivity index (χ4n) is 2.22. The van der Waals surface area contributed by atoms with E-state index in [1.165, 1.54) is 5.56 Å². The molecule has 0 aliphatic heterocycles. The molecule has 25 heavy (non-hydrogen) atoms. The topological polar surface area (TPSA) is 36.1 Å². The minimum atomic E-state index is -6.00. The van der Waals surface area contributed by atoms with Gasteiger partial charge in [0.1, 0.15) is 0 Å². The Bertz CT molecular complexity index is 645. The maximum atomic E-state index is 10.2. The number of hydrogen-bond donors (Lipinski definition) is 2. The molecule has 1 aromatic carbocycles. The van der Waals surface area contributed by atoms with E-state index >= 15 is 0 Å². The summed E-state index contributed by atoms with van der Waals surface area (Å²) in [6.07, 6.45) is 4.05. The maximum absolute atomic E-state index is 10.2. The number of aromatic hydroxyl groups is 1. The van der Waals surface area contributed by atoms with Crippen LogP contribution in [0.3, 0.4) is 0 Å². The minimum absolute atomic E-state index is 0.356. The largest absolute Gasteiger partial charge is 0.673 e. The Balaban J connectivity index is 0.000000550. The molecule has 138 valence electrons. The summed E-state index contributed by atoms with van der Waals surface area (Å²) in [6.45, 7) is 5.82. The van der Waals surface area contributed by atoms with Crippen molar-refractivity contribution >= 4 is 12.9 Å². The van der Waals surface area contributed by atoms with E-state index < -0.39 is 7.25 Å². The van der Waals surface area contributed by atoms with Crippen molar-refractivity contribution in [2.75, 3.05) is 11.9 Å². The van der Waals surface area contributed by atoms with Crippen LogP contribution in [0.15, 0.2) is 42.6 Å². The van der Waals surface area contributed by atoms with Gasteiger partial charge in [-0.05, 0) is 12.0 Å². The molecule has 0 radical (unpaired) electrons. The summed E-state index contributed by atoms with van der Waals surface area (Å²) >= 11 is 0. The molecule has 0 aliphatic rings. The van der Waals surface area contributed by atoms with Gasteiger partial charge in [-0.2, -0.15) is 4.57 Å². The Kier molecular flexibility index (Phi) is 8.24. The average Bonchev–Trinajstić information content (AvgIpc) is 2.55. The van der Waals surface area contributed by atoms with Crippen molar-refractivity contribution in [1.29, 1.82) is 0 Å². The summed E-state index contributed by atoms with van der Waals surface area (Å²) in [5.41, 5.74) is 3.04. The third-order valence-corrected chi connectivity index (χ3v) is 3.50. The van der Waals surface area contributed by atoms with E-state index in [1.807, 2.05) is 25.3 Å². The van der Waals surface area contributed by atoms with Crippen molar-refractivity contribution in [3.8, 4) is 5.75 Å². The Labute approximate surface area is 145 Å². The highest BCUT2D eigenvalue weighted by Gasteiger charge is 2.20. The maximum Gasteiger partial charge on any atom is 0.673 e. The number of hydrogen-bond acceptors (Lipinski definition) is 2. The number of pyridine rings is 1. The highest BCUT2D eigenvalue weighted by atomic mass is 19.5. The van der Waals surface area contributed by atoms with E-state index in [4.69, 9.17) is 0 Å². The number of anilines is 1. The van der Waals surface area contributed by atoms with Crippen LogP contribution in [-0.4, -0.2) is 18.9 Å². The van der Waals surface area contributed by atoms with E-state index in [1.54, 1.807) is 0 Å². The normalized spacial score (nSPS) is 10.8. The van der Waals surface area contributed by atoms with Crippen LogP contribution in [0, 0.1) is 6.92 Å². The van der Waals surface area contributed by atoms with Crippen LogP contribution in [0.1, 0.15) is 24.6 Å². The second-order valence-electron chi connectivity index (χ2n) is 5.51. The quantitative estimate of drug-likeness (QED) is 0.458. The SMILES string of the molecule is CCCNc1cc[n+](CCc2ccccc2)c(C)c1O.F[B-](F)(F)F. The monoisotopic (exact) mass is 358 g/mol. The van der Waals surface area contributed by atoms with Crippen LogP contribution in [0.5, 0.6) is 5.75 Å². The van der Waals surface area contributed by atoms with E-state index in [2.05, 4.69) is 41.1 Å². The molecule has 0 spiro atoms. The summed E-state index contributed by atoms with van der Waals surface area (Å²) in [7, 11) is -6.00. The Morgan fingerprint density at radius 2 is 1.68 bits per heavy atom. The number of nitrogens with zero attached hydrogens (tertiary/aromatic N) is 1. The molecule has 1 aromatic heterocycles. The smallest absolute Gasteiger partial charge is 0.501 e. The van der Waals surface area contributed by atoms with Gasteiger partial charge in [0.25, 0.3) is 0 Å². The van der Waals surface area contributed by atoms with Gasteiger partial charge in [-0.15, -0.1) is 0 Å². The van der Waals surface area contributed by atoms with Crippen LogP contribution in [0.4, 0.5) is 23.0 Å². The zero-order valence-corrected chi connectivity index (χ0v) is 14.4. The number of aromatic nitrogens is 1. The lowest BCUT2D eigenvalue weighted by Gasteiger charge is -2.09. The van der Waals surface area contributed by atoms with E-state index in [0.29, 0.717) is 5.75 Å². The van der Waals surface area contributed by atoms with Crippen LogP contribution in [0.25, 0.3) is 0 Å². The lowest BCUT2D eigenvalue weighted by molar-refractivity contribution is -0.702. The molecule has 2 rings (SSSR count). The van der Waals surface area contributed by atoms with Crippen LogP contribution in [-0.2, 0) is 13.0 Å². The van der Waals surface area contributed by atoms with Crippen molar-refractivity contribution in [3.63, 3.8) is 0 Å². The van der Waals surface area contributed by atoms with Gasteiger partial charge in [0.05, 0.1) is 5.69 Å². The number of halogens is 4. The molecule has 0 aliphatic carbocycles. The third kappa shape index (κ3) is 8.42. The standard InChI is InChI=1S/C17H22N2O.BF4/c1-3-11-18-16-10-13-19(14(2)17(16)20)12-9-15-7-5-4-6-8-15;2-1(3,4)5/h4-8,10,13,20H,3,9,11-12H2,1-2H3;/q;-1/p+1. The van der Waals surface area contributed by atoms with Crippen LogP contribution in [0.2, 0.25) is 0 Å². The first-order valence-corrected chi connectivity index (χ1v) is 8.09. The van der Waals surface area contributed by atoms with Gasteiger partial charge in [-0.1, -0.05) is 37.3 Å². The molecule has 8 heteroatoms. The predicted molar refractivity (Wildman–Crippen MR) is 92.2 cm³/mol. The highest BCUT2D eigenvalue weighted by molar-refractivity contribution is 6.50. The van der Waals surface area contributed by atoms with Gasteiger partial charge in [-0.3, -0.25) is 0 Å². The van der Waals surface area contributed by atoms with Gasteiger partial charge in [0.15, 0.2) is 12.7 Å². The van der Waals surface area contributed by atoms with Crippen molar-refractivity contribution in [2.24, 2.45) is 0 Å². The van der Waals surface area contributed by atoms with E-state index in [-0.39, 0.29) is 0 Å². The zero-order valence-electron chi connectivity index (χ0n) is 14.4. The van der Waals surface area contributed by atoms with Crippen molar-refractivity contribution in [1.82, 2.24) is 0 Å². The first-order chi connectivity index (χ1) is 11.7. The second-order valence-corrected chi connectivity index (χ2v) is 5.51. The first-order valence-electron chi connectivity index (χ1n) is 8.09. The molecule has 0 bridgehead atoms. The number of nitrogens with one attached hydrogen (secondary N) is 1. The molecule has 0 fully saturated rings. The van der Waals surface area contributed by atoms with Gasteiger partial charge >= 0.3 is 7.25 Å². The fourth-order valence-corrected chi connectivity index (χ4v) is 2.22. The molecule has 0 amide bonds. The molecule has 0 atom stereocenters. The molecule has 2 N–H and O–H groups in total. The van der Waals surface area contributed by atoms with E-state index in [0.717, 1.165) is 37.3 Å². The summed E-state index contributed by atoms with van der Waals surface area (Å²) in [6, 6.07) is 12.4. The lowest BCUT2D eigenvalue weighted by atomic mass is 10.1.